The van der Waals surface area contributed by atoms with Gasteiger partial charge in [0.2, 0.25) is 0 Å². The standard InChI is InChI=1S/C10H2BrCl2F3N2/c11-6-8(12)17-10(18-9(6)13)3-1-4(14)7(16)5(15)2-3/h1-2H. The topological polar surface area (TPSA) is 25.8 Å². The van der Waals surface area contributed by atoms with E-state index in [0.29, 0.717) is 0 Å². The third-order valence-corrected chi connectivity index (χ3v) is 3.77. The second-order valence-electron chi connectivity index (χ2n) is 3.20. The molecule has 1 aromatic heterocycles. The summed E-state index contributed by atoms with van der Waals surface area (Å²) in [5.41, 5.74) is -0.0669. The predicted octanol–water partition coefficient (Wildman–Crippen LogP) is 4.63. The predicted molar refractivity (Wildman–Crippen MR) is 65.1 cm³/mol. The molecular weight excluding hydrogens is 356 g/mol. The molecule has 0 bridgehead atoms. The third kappa shape index (κ3) is 2.46. The first-order chi connectivity index (χ1) is 8.40. The molecule has 0 aliphatic heterocycles. The molecule has 2 aromatic rings. The molecule has 0 saturated carbocycles. The molecule has 0 N–H and O–H groups in total. The summed E-state index contributed by atoms with van der Waals surface area (Å²) in [5.74, 6) is -4.36. The number of benzene rings is 1. The lowest BCUT2D eigenvalue weighted by molar-refractivity contribution is 0.447. The zero-order chi connectivity index (χ0) is 13.4. The molecule has 0 unspecified atom stereocenters. The van der Waals surface area contributed by atoms with Gasteiger partial charge < -0.3 is 0 Å². The zero-order valence-corrected chi connectivity index (χ0v) is 11.4. The lowest BCUT2D eigenvalue weighted by Crippen LogP contribution is -1.96. The van der Waals surface area contributed by atoms with Gasteiger partial charge >= 0.3 is 0 Å². The molecule has 0 fully saturated rings. The fourth-order valence-electron chi connectivity index (χ4n) is 1.21. The molecule has 0 aliphatic carbocycles. The Bertz CT molecular complexity index is 535. The van der Waals surface area contributed by atoms with Crippen molar-refractivity contribution < 1.29 is 13.2 Å². The van der Waals surface area contributed by atoms with Crippen molar-refractivity contribution >= 4 is 39.1 Å². The molecule has 0 amide bonds. The lowest BCUT2D eigenvalue weighted by Gasteiger charge is -2.05. The Morgan fingerprint density at radius 2 is 1.39 bits per heavy atom. The summed E-state index contributed by atoms with van der Waals surface area (Å²) in [6, 6.07) is 1.52. The maximum absolute atomic E-state index is 13.1. The van der Waals surface area contributed by atoms with E-state index in [0.717, 1.165) is 12.1 Å². The summed E-state index contributed by atoms with van der Waals surface area (Å²) in [6.45, 7) is 0. The van der Waals surface area contributed by atoms with Crippen molar-refractivity contribution in [3.63, 3.8) is 0 Å². The van der Waals surface area contributed by atoms with Gasteiger partial charge in [-0.25, -0.2) is 23.1 Å². The highest BCUT2D eigenvalue weighted by Gasteiger charge is 2.15. The Hall–Kier alpha value is -0.850. The summed E-state index contributed by atoms with van der Waals surface area (Å²) < 4.78 is 39.2. The fourth-order valence-corrected chi connectivity index (χ4v) is 1.77. The van der Waals surface area contributed by atoms with Crippen LogP contribution in [0, 0.1) is 17.5 Å². The van der Waals surface area contributed by atoms with Crippen molar-refractivity contribution in [2.45, 2.75) is 0 Å². The van der Waals surface area contributed by atoms with E-state index >= 15 is 0 Å². The van der Waals surface area contributed by atoms with Crippen molar-refractivity contribution in [2.75, 3.05) is 0 Å². The Balaban J connectivity index is 2.63. The van der Waals surface area contributed by atoms with Crippen molar-refractivity contribution in [1.82, 2.24) is 9.97 Å². The van der Waals surface area contributed by atoms with Gasteiger partial charge in [-0.3, -0.25) is 0 Å². The molecule has 0 spiro atoms. The quantitative estimate of drug-likeness (QED) is 0.549. The van der Waals surface area contributed by atoms with Gasteiger partial charge in [0.1, 0.15) is 10.3 Å². The van der Waals surface area contributed by atoms with Crippen molar-refractivity contribution in [3.8, 4) is 11.4 Å². The second kappa shape index (κ2) is 5.03. The number of hydrogen-bond donors (Lipinski definition) is 0. The van der Waals surface area contributed by atoms with Crippen LogP contribution < -0.4 is 0 Å². The summed E-state index contributed by atoms with van der Waals surface area (Å²) in [7, 11) is 0. The largest absolute Gasteiger partial charge is 0.215 e. The molecule has 1 aromatic carbocycles. The second-order valence-corrected chi connectivity index (χ2v) is 4.71. The van der Waals surface area contributed by atoms with E-state index in [1.807, 2.05) is 0 Å². The smallest absolute Gasteiger partial charge is 0.194 e. The van der Waals surface area contributed by atoms with Gasteiger partial charge in [-0.1, -0.05) is 23.2 Å². The van der Waals surface area contributed by atoms with Crippen LogP contribution >= 0.6 is 39.1 Å². The van der Waals surface area contributed by atoms with Crippen LogP contribution in [0.15, 0.2) is 16.6 Å². The maximum atomic E-state index is 13.1. The van der Waals surface area contributed by atoms with Gasteiger partial charge in [-0.05, 0) is 28.1 Å². The molecular formula is C10H2BrCl2F3N2. The highest BCUT2D eigenvalue weighted by atomic mass is 79.9. The molecule has 1 heterocycles. The van der Waals surface area contributed by atoms with Crippen molar-refractivity contribution in [1.29, 1.82) is 0 Å². The van der Waals surface area contributed by atoms with Crippen LogP contribution in [0.3, 0.4) is 0 Å². The van der Waals surface area contributed by atoms with Gasteiger partial charge in [0.05, 0.1) is 4.47 Å². The maximum Gasteiger partial charge on any atom is 0.194 e. The van der Waals surface area contributed by atoms with E-state index in [1.54, 1.807) is 0 Å². The molecule has 0 atom stereocenters. The minimum absolute atomic E-state index is 0.0184. The molecule has 94 valence electrons. The first-order valence-electron chi connectivity index (χ1n) is 4.43. The van der Waals surface area contributed by atoms with Crippen LogP contribution in [0.4, 0.5) is 13.2 Å². The van der Waals surface area contributed by atoms with E-state index in [-0.39, 0.29) is 26.2 Å². The Morgan fingerprint density at radius 3 is 1.83 bits per heavy atom. The van der Waals surface area contributed by atoms with Crippen molar-refractivity contribution in [3.05, 3.63) is 44.4 Å². The molecule has 0 saturated heterocycles. The molecule has 2 nitrogen and oxygen atoms in total. The van der Waals surface area contributed by atoms with Gasteiger partial charge in [0.25, 0.3) is 0 Å². The lowest BCUT2D eigenvalue weighted by atomic mass is 10.2. The zero-order valence-electron chi connectivity index (χ0n) is 8.32. The van der Waals surface area contributed by atoms with Gasteiger partial charge in [-0.15, -0.1) is 0 Å². The van der Waals surface area contributed by atoms with Gasteiger partial charge in [-0.2, -0.15) is 0 Å². The summed E-state index contributed by atoms with van der Waals surface area (Å²) in [5, 5.41) is -0.0368. The third-order valence-electron chi connectivity index (χ3n) is 2.01. The number of rotatable bonds is 1. The molecule has 2 rings (SSSR count). The molecule has 0 aliphatic rings. The SMILES string of the molecule is Fc1cc(-c2nc(Cl)c(Br)c(Cl)n2)cc(F)c1F. The first-order valence-corrected chi connectivity index (χ1v) is 5.98. The van der Waals surface area contributed by atoms with Crippen LogP contribution in [-0.2, 0) is 0 Å². The molecule has 18 heavy (non-hydrogen) atoms. The fraction of sp³-hybridized carbons (Fsp3) is 0. The van der Waals surface area contributed by atoms with Crippen LogP contribution in [0.1, 0.15) is 0 Å². The number of hydrogen-bond acceptors (Lipinski definition) is 2. The van der Waals surface area contributed by atoms with E-state index in [1.165, 1.54) is 0 Å². The number of nitrogens with zero attached hydrogens (tertiary/aromatic N) is 2. The highest BCUT2D eigenvalue weighted by molar-refractivity contribution is 9.10. The summed E-state index contributed by atoms with van der Waals surface area (Å²) >= 11 is 14.5. The average Bonchev–Trinajstić information content (AvgIpc) is 2.31. The highest BCUT2D eigenvalue weighted by Crippen LogP contribution is 2.30. The minimum atomic E-state index is -1.56. The van der Waals surface area contributed by atoms with Crippen LogP contribution in [0.5, 0.6) is 0 Å². The van der Waals surface area contributed by atoms with Crippen LogP contribution in [0.25, 0.3) is 11.4 Å². The average molecular weight is 358 g/mol. The van der Waals surface area contributed by atoms with E-state index < -0.39 is 17.5 Å². The summed E-state index contributed by atoms with van der Waals surface area (Å²) in [6.07, 6.45) is 0. The van der Waals surface area contributed by atoms with E-state index in [2.05, 4.69) is 25.9 Å². The van der Waals surface area contributed by atoms with Crippen LogP contribution in [0.2, 0.25) is 10.3 Å². The molecule has 0 radical (unpaired) electrons. The normalized spacial score (nSPS) is 10.8. The molecule has 8 heteroatoms. The Kier molecular flexibility index (Phi) is 3.79. The van der Waals surface area contributed by atoms with Gasteiger partial charge in [0, 0.05) is 5.56 Å². The van der Waals surface area contributed by atoms with E-state index in [9.17, 15) is 13.2 Å². The monoisotopic (exact) mass is 356 g/mol. The Morgan fingerprint density at radius 1 is 0.944 bits per heavy atom. The minimum Gasteiger partial charge on any atom is -0.215 e. The summed E-state index contributed by atoms with van der Waals surface area (Å²) in [4.78, 5) is 7.57. The van der Waals surface area contributed by atoms with Crippen LogP contribution in [-0.4, -0.2) is 9.97 Å². The number of halogens is 6. The number of aromatic nitrogens is 2. The van der Waals surface area contributed by atoms with Crippen molar-refractivity contribution in [2.24, 2.45) is 0 Å². The van der Waals surface area contributed by atoms with E-state index in [4.69, 9.17) is 23.2 Å². The van der Waals surface area contributed by atoms with Gasteiger partial charge in [0.15, 0.2) is 23.3 Å². The Labute approximate surface area is 118 Å². The first kappa shape index (κ1) is 13.6.